The van der Waals surface area contributed by atoms with Gasteiger partial charge in [-0.1, -0.05) is 22.0 Å². The van der Waals surface area contributed by atoms with Crippen molar-refractivity contribution in [3.05, 3.63) is 64.4 Å². The standard InChI is InChI=1S/C16H13BrN4O/c1-10-8-11(5-6-12(10)17)19-16(22)15-9-14(20-21-15)13-4-2-3-7-18-13/h2-9H,1H3,(H,19,22)(H,20,21). The Morgan fingerprint density at radius 1 is 1.18 bits per heavy atom. The summed E-state index contributed by atoms with van der Waals surface area (Å²) in [6, 6.07) is 12.9. The molecule has 22 heavy (non-hydrogen) atoms. The molecule has 1 aromatic carbocycles. The summed E-state index contributed by atoms with van der Waals surface area (Å²) in [5, 5.41) is 9.70. The fraction of sp³-hybridized carbons (Fsp3) is 0.0625. The van der Waals surface area contributed by atoms with Gasteiger partial charge in [0, 0.05) is 16.4 Å². The van der Waals surface area contributed by atoms with E-state index < -0.39 is 0 Å². The molecule has 0 bridgehead atoms. The monoisotopic (exact) mass is 356 g/mol. The van der Waals surface area contributed by atoms with Crippen LogP contribution in [-0.4, -0.2) is 21.1 Å². The Hall–Kier alpha value is -2.47. The Kier molecular flexibility index (Phi) is 4.02. The van der Waals surface area contributed by atoms with Crippen molar-refractivity contribution in [3.63, 3.8) is 0 Å². The third-order valence-corrected chi connectivity index (χ3v) is 4.06. The molecule has 5 nitrogen and oxygen atoms in total. The molecule has 0 fully saturated rings. The minimum Gasteiger partial charge on any atom is -0.321 e. The number of nitrogens with one attached hydrogen (secondary N) is 2. The quantitative estimate of drug-likeness (QED) is 0.749. The minimum atomic E-state index is -0.239. The summed E-state index contributed by atoms with van der Waals surface area (Å²) in [6.45, 7) is 1.97. The van der Waals surface area contributed by atoms with Crippen LogP contribution in [0.25, 0.3) is 11.4 Å². The van der Waals surface area contributed by atoms with Crippen molar-refractivity contribution in [1.29, 1.82) is 0 Å². The van der Waals surface area contributed by atoms with Gasteiger partial charge in [0.25, 0.3) is 5.91 Å². The van der Waals surface area contributed by atoms with E-state index in [0.29, 0.717) is 11.4 Å². The predicted octanol–water partition coefficient (Wildman–Crippen LogP) is 3.79. The highest BCUT2D eigenvalue weighted by molar-refractivity contribution is 9.10. The van der Waals surface area contributed by atoms with Crippen LogP contribution in [0.15, 0.2) is 53.1 Å². The lowest BCUT2D eigenvalue weighted by Gasteiger charge is -2.05. The zero-order valence-corrected chi connectivity index (χ0v) is 13.4. The maximum atomic E-state index is 12.2. The highest BCUT2D eigenvalue weighted by atomic mass is 79.9. The highest BCUT2D eigenvalue weighted by Crippen LogP contribution is 2.21. The second-order valence-electron chi connectivity index (χ2n) is 4.80. The lowest BCUT2D eigenvalue weighted by Crippen LogP contribution is -2.12. The molecule has 0 atom stereocenters. The van der Waals surface area contributed by atoms with Gasteiger partial charge in [-0.3, -0.25) is 14.9 Å². The molecule has 1 amide bonds. The van der Waals surface area contributed by atoms with Gasteiger partial charge in [-0.05, 0) is 48.9 Å². The van der Waals surface area contributed by atoms with Gasteiger partial charge in [0.2, 0.25) is 0 Å². The minimum absolute atomic E-state index is 0.239. The van der Waals surface area contributed by atoms with Crippen molar-refractivity contribution in [2.75, 3.05) is 5.32 Å². The van der Waals surface area contributed by atoms with Crippen molar-refractivity contribution < 1.29 is 4.79 Å². The summed E-state index contributed by atoms with van der Waals surface area (Å²) in [6.07, 6.45) is 1.69. The van der Waals surface area contributed by atoms with E-state index in [4.69, 9.17) is 0 Å². The van der Waals surface area contributed by atoms with Crippen LogP contribution in [0.4, 0.5) is 5.69 Å². The van der Waals surface area contributed by atoms with Crippen LogP contribution in [0.2, 0.25) is 0 Å². The van der Waals surface area contributed by atoms with Gasteiger partial charge < -0.3 is 5.32 Å². The van der Waals surface area contributed by atoms with Crippen LogP contribution in [0.3, 0.4) is 0 Å². The van der Waals surface area contributed by atoms with E-state index in [9.17, 15) is 4.79 Å². The number of rotatable bonds is 3. The number of benzene rings is 1. The molecule has 0 aliphatic rings. The highest BCUT2D eigenvalue weighted by Gasteiger charge is 2.12. The van der Waals surface area contributed by atoms with Crippen LogP contribution >= 0.6 is 15.9 Å². The number of nitrogens with zero attached hydrogens (tertiary/aromatic N) is 2. The number of H-pyrrole nitrogens is 1. The summed E-state index contributed by atoms with van der Waals surface area (Å²) >= 11 is 3.43. The summed E-state index contributed by atoms with van der Waals surface area (Å²) in [5.41, 5.74) is 3.53. The van der Waals surface area contributed by atoms with Gasteiger partial charge in [-0.25, -0.2) is 0 Å². The molecule has 0 saturated heterocycles. The van der Waals surface area contributed by atoms with Crippen LogP contribution in [-0.2, 0) is 0 Å². The molecule has 2 aromatic heterocycles. The number of hydrogen-bond acceptors (Lipinski definition) is 3. The fourth-order valence-electron chi connectivity index (χ4n) is 2.00. The number of carbonyl (C=O) groups is 1. The molecule has 2 N–H and O–H groups in total. The van der Waals surface area contributed by atoms with Crippen LogP contribution in [0.5, 0.6) is 0 Å². The Bertz CT molecular complexity index is 814. The van der Waals surface area contributed by atoms with Gasteiger partial charge in [0.05, 0.1) is 5.69 Å². The SMILES string of the molecule is Cc1cc(NC(=O)c2cc(-c3ccccn3)n[nH]2)ccc1Br. The van der Waals surface area contributed by atoms with Crippen molar-refractivity contribution in [2.45, 2.75) is 6.92 Å². The van der Waals surface area contributed by atoms with Gasteiger partial charge >= 0.3 is 0 Å². The smallest absolute Gasteiger partial charge is 0.273 e. The number of aromatic nitrogens is 3. The summed E-state index contributed by atoms with van der Waals surface area (Å²) < 4.78 is 1.00. The van der Waals surface area contributed by atoms with Gasteiger partial charge in [-0.2, -0.15) is 5.10 Å². The summed E-state index contributed by atoms with van der Waals surface area (Å²) in [5.74, 6) is -0.239. The molecule has 0 unspecified atom stereocenters. The van der Waals surface area contributed by atoms with Crippen LogP contribution in [0, 0.1) is 6.92 Å². The molecule has 3 aromatic rings. The molecular formula is C16H13BrN4O. The van der Waals surface area contributed by atoms with Gasteiger partial charge in [0.15, 0.2) is 0 Å². The number of aryl methyl sites for hydroxylation is 1. The van der Waals surface area contributed by atoms with Crippen molar-refractivity contribution in [3.8, 4) is 11.4 Å². The van der Waals surface area contributed by atoms with Crippen molar-refractivity contribution in [2.24, 2.45) is 0 Å². The summed E-state index contributed by atoms with van der Waals surface area (Å²) in [4.78, 5) is 16.4. The zero-order chi connectivity index (χ0) is 15.5. The first-order valence-electron chi connectivity index (χ1n) is 6.68. The molecule has 0 aliphatic carbocycles. The van der Waals surface area contributed by atoms with E-state index in [1.54, 1.807) is 12.3 Å². The normalized spacial score (nSPS) is 10.5. The Balaban J connectivity index is 1.78. The number of amides is 1. The Morgan fingerprint density at radius 3 is 2.77 bits per heavy atom. The number of anilines is 1. The predicted molar refractivity (Wildman–Crippen MR) is 88.7 cm³/mol. The Labute approximate surface area is 135 Å². The lowest BCUT2D eigenvalue weighted by atomic mass is 10.2. The number of pyridine rings is 1. The average molecular weight is 357 g/mol. The lowest BCUT2D eigenvalue weighted by molar-refractivity contribution is 0.102. The first kappa shape index (κ1) is 14.5. The number of halogens is 1. The maximum Gasteiger partial charge on any atom is 0.273 e. The molecule has 6 heteroatoms. The van der Waals surface area contributed by atoms with Crippen molar-refractivity contribution >= 4 is 27.5 Å². The van der Waals surface area contributed by atoms with Gasteiger partial charge in [-0.15, -0.1) is 0 Å². The molecule has 3 rings (SSSR count). The number of carbonyl (C=O) groups excluding carboxylic acids is 1. The topological polar surface area (TPSA) is 70.7 Å². The first-order chi connectivity index (χ1) is 10.6. The van der Waals surface area contributed by atoms with Crippen molar-refractivity contribution in [1.82, 2.24) is 15.2 Å². The molecule has 0 spiro atoms. The van der Waals surface area contributed by atoms with E-state index in [1.807, 2.05) is 43.3 Å². The molecular weight excluding hydrogens is 344 g/mol. The average Bonchev–Trinajstić information content (AvgIpc) is 3.02. The zero-order valence-electron chi connectivity index (χ0n) is 11.8. The second kappa shape index (κ2) is 6.11. The molecule has 0 aliphatic heterocycles. The maximum absolute atomic E-state index is 12.2. The number of aromatic amines is 1. The molecule has 0 radical (unpaired) electrons. The summed E-state index contributed by atoms with van der Waals surface area (Å²) in [7, 11) is 0. The second-order valence-corrected chi connectivity index (χ2v) is 5.65. The molecule has 0 saturated carbocycles. The van der Waals surface area contributed by atoms with E-state index in [1.165, 1.54) is 0 Å². The van der Waals surface area contributed by atoms with Crippen LogP contribution < -0.4 is 5.32 Å². The van der Waals surface area contributed by atoms with E-state index in [-0.39, 0.29) is 5.91 Å². The fourth-order valence-corrected chi connectivity index (χ4v) is 2.25. The number of hydrogen-bond donors (Lipinski definition) is 2. The van der Waals surface area contributed by atoms with Crippen LogP contribution in [0.1, 0.15) is 16.1 Å². The van der Waals surface area contributed by atoms with E-state index in [0.717, 1.165) is 21.4 Å². The first-order valence-corrected chi connectivity index (χ1v) is 7.47. The third kappa shape index (κ3) is 3.07. The van der Waals surface area contributed by atoms with E-state index in [2.05, 4.69) is 36.4 Å². The Morgan fingerprint density at radius 2 is 2.05 bits per heavy atom. The third-order valence-electron chi connectivity index (χ3n) is 3.17. The van der Waals surface area contributed by atoms with E-state index >= 15 is 0 Å². The molecule has 110 valence electrons. The van der Waals surface area contributed by atoms with Gasteiger partial charge in [0.1, 0.15) is 11.4 Å². The largest absolute Gasteiger partial charge is 0.321 e. The molecule has 2 heterocycles.